The monoisotopic (exact) mass is 374 g/mol. The standard InChI is InChI=1S/C20H26N4O.ClH/c1-12(2)24-11-14(10-22-24)4-3-13-7-17-16-9-15(25)5-6-19(16)23-20(17)18(21)8-13;/h5-6,9-13,18,23,25H,3-4,7-8,21H2,1-2H3;1H. The number of H-pyrrole nitrogens is 1. The van der Waals surface area contributed by atoms with E-state index in [-0.39, 0.29) is 18.4 Å². The third kappa shape index (κ3) is 3.46. The van der Waals surface area contributed by atoms with Crippen molar-refractivity contribution in [1.29, 1.82) is 0 Å². The first-order valence-corrected chi connectivity index (χ1v) is 9.13. The second-order valence-corrected chi connectivity index (χ2v) is 7.62. The first-order chi connectivity index (χ1) is 12.0. The number of nitrogens with two attached hydrogens (primary N) is 1. The predicted molar refractivity (Wildman–Crippen MR) is 107 cm³/mol. The van der Waals surface area contributed by atoms with Crippen LogP contribution >= 0.6 is 12.4 Å². The molecule has 0 spiro atoms. The third-order valence-electron chi connectivity index (χ3n) is 5.40. The molecule has 4 rings (SSSR count). The Morgan fingerprint density at radius 3 is 2.92 bits per heavy atom. The number of rotatable bonds is 4. The lowest BCUT2D eigenvalue weighted by atomic mass is 9.81. The van der Waals surface area contributed by atoms with Crippen LogP contribution in [0, 0.1) is 5.92 Å². The third-order valence-corrected chi connectivity index (χ3v) is 5.40. The molecule has 140 valence electrons. The molecule has 4 N–H and O–H groups in total. The molecule has 0 radical (unpaired) electrons. The lowest BCUT2D eigenvalue weighted by Crippen LogP contribution is -2.24. The van der Waals surface area contributed by atoms with Gasteiger partial charge in [0.15, 0.2) is 0 Å². The molecule has 1 aliphatic carbocycles. The quantitative estimate of drug-likeness (QED) is 0.638. The summed E-state index contributed by atoms with van der Waals surface area (Å²) in [4.78, 5) is 3.45. The number of hydrogen-bond acceptors (Lipinski definition) is 3. The van der Waals surface area contributed by atoms with Gasteiger partial charge in [-0.05, 0) is 74.8 Å². The zero-order valence-electron chi connectivity index (χ0n) is 15.3. The smallest absolute Gasteiger partial charge is 0.116 e. The molecule has 6 heteroatoms. The van der Waals surface area contributed by atoms with Crippen LogP contribution in [0.5, 0.6) is 5.75 Å². The summed E-state index contributed by atoms with van der Waals surface area (Å²) in [5, 5.41) is 15.4. The van der Waals surface area contributed by atoms with Gasteiger partial charge in [-0.25, -0.2) is 0 Å². The van der Waals surface area contributed by atoms with Gasteiger partial charge >= 0.3 is 0 Å². The molecular weight excluding hydrogens is 348 g/mol. The van der Waals surface area contributed by atoms with E-state index in [2.05, 4.69) is 30.1 Å². The van der Waals surface area contributed by atoms with Crippen molar-refractivity contribution in [3.8, 4) is 5.75 Å². The zero-order valence-corrected chi connectivity index (χ0v) is 16.1. The van der Waals surface area contributed by atoms with E-state index in [4.69, 9.17) is 5.73 Å². The highest BCUT2D eigenvalue weighted by molar-refractivity contribution is 5.86. The lowest BCUT2D eigenvalue weighted by molar-refractivity contribution is 0.381. The zero-order chi connectivity index (χ0) is 17.6. The molecule has 2 aromatic heterocycles. The minimum absolute atomic E-state index is 0. The number of aromatic nitrogens is 3. The van der Waals surface area contributed by atoms with Crippen LogP contribution in [0.4, 0.5) is 0 Å². The highest BCUT2D eigenvalue weighted by Gasteiger charge is 2.28. The molecule has 2 heterocycles. The molecule has 0 aliphatic heterocycles. The van der Waals surface area contributed by atoms with E-state index >= 15 is 0 Å². The fraction of sp³-hybridized carbons (Fsp3) is 0.450. The largest absolute Gasteiger partial charge is 0.508 e. The van der Waals surface area contributed by atoms with E-state index in [1.807, 2.05) is 23.0 Å². The van der Waals surface area contributed by atoms with Crippen molar-refractivity contribution < 1.29 is 5.11 Å². The topological polar surface area (TPSA) is 79.9 Å². The highest BCUT2D eigenvalue weighted by atomic mass is 35.5. The van der Waals surface area contributed by atoms with Gasteiger partial charge in [-0.2, -0.15) is 5.10 Å². The number of aromatic amines is 1. The maximum Gasteiger partial charge on any atom is 0.116 e. The molecule has 0 amide bonds. The van der Waals surface area contributed by atoms with Crippen molar-refractivity contribution >= 4 is 23.3 Å². The second kappa shape index (κ2) is 7.33. The Bertz CT molecular complexity index is 898. The van der Waals surface area contributed by atoms with Gasteiger partial charge in [0.05, 0.1) is 6.20 Å². The lowest BCUT2D eigenvalue weighted by Gasteiger charge is -2.27. The SMILES string of the molecule is CC(C)n1cc(CCC2Cc3c([nH]c4ccc(O)cc34)C(N)C2)cn1.Cl. The molecule has 0 bridgehead atoms. The highest BCUT2D eigenvalue weighted by Crippen LogP contribution is 2.38. The molecule has 1 aromatic carbocycles. The van der Waals surface area contributed by atoms with Crippen LogP contribution in [-0.4, -0.2) is 19.9 Å². The molecule has 5 nitrogen and oxygen atoms in total. The summed E-state index contributed by atoms with van der Waals surface area (Å²) in [5.41, 5.74) is 11.2. The maximum absolute atomic E-state index is 9.83. The summed E-state index contributed by atoms with van der Waals surface area (Å²) in [7, 11) is 0. The second-order valence-electron chi connectivity index (χ2n) is 7.62. The first kappa shape index (κ1) is 18.8. The van der Waals surface area contributed by atoms with Crippen molar-refractivity contribution in [2.45, 2.75) is 51.6 Å². The Labute approximate surface area is 160 Å². The van der Waals surface area contributed by atoms with Crippen LogP contribution in [0.15, 0.2) is 30.6 Å². The van der Waals surface area contributed by atoms with Crippen molar-refractivity contribution in [3.63, 3.8) is 0 Å². The number of aryl methyl sites for hydroxylation is 1. The Morgan fingerprint density at radius 2 is 2.19 bits per heavy atom. The van der Waals surface area contributed by atoms with Crippen LogP contribution in [-0.2, 0) is 12.8 Å². The fourth-order valence-corrected chi connectivity index (χ4v) is 4.02. The van der Waals surface area contributed by atoms with Gasteiger partial charge in [-0.15, -0.1) is 12.4 Å². The summed E-state index contributed by atoms with van der Waals surface area (Å²) < 4.78 is 2.02. The van der Waals surface area contributed by atoms with Gasteiger partial charge in [0.25, 0.3) is 0 Å². The Kier molecular flexibility index (Phi) is 5.30. The Hall–Kier alpha value is -1.98. The number of halogens is 1. The number of nitrogens with one attached hydrogen (secondary N) is 1. The van der Waals surface area contributed by atoms with E-state index in [9.17, 15) is 5.11 Å². The average molecular weight is 375 g/mol. The summed E-state index contributed by atoms with van der Waals surface area (Å²) in [6, 6.07) is 5.96. The number of nitrogens with zero attached hydrogens (tertiary/aromatic N) is 2. The molecule has 26 heavy (non-hydrogen) atoms. The molecule has 0 saturated carbocycles. The summed E-state index contributed by atoms with van der Waals surface area (Å²) in [6.45, 7) is 4.29. The molecule has 2 atom stereocenters. The first-order valence-electron chi connectivity index (χ1n) is 9.13. The van der Waals surface area contributed by atoms with Crippen molar-refractivity contribution in [1.82, 2.24) is 14.8 Å². The number of benzene rings is 1. The van der Waals surface area contributed by atoms with E-state index in [0.29, 0.717) is 17.7 Å². The van der Waals surface area contributed by atoms with Gasteiger partial charge in [0.1, 0.15) is 5.75 Å². The van der Waals surface area contributed by atoms with E-state index in [1.165, 1.54) is 11.1 Å². The van der Waals surface area contributed by atoms with Crippen molar-refractivity contribution in [2.24, 2.45) is 11.7 Å². The number of aromatic hydroxyl groups is 1. The van der Waals surface area contributed by atoms with Crippen LogP contribution in [0.25, 0.3) is 10.9 Å². The van der Waals surface area contributed by atoms with Gasteiger partial charge in [0.2, 0.25) is 0 Å². The molecular formula is C20H27ClN4O. The average Bonchev–Trinajstić information content (AvgIpc) is 3.18. The van der Waals surface area contributed by atoms with Crippen molar-refractivity contribution in [3.05, 3.63) is 47.4 Å². The van der Waals surface area contributed by atoms with Crippen LogP contribution < -0.4 is 5.73 Å². The van der Waals surface area contributed by atoms with Gasteiger partial charge in [0, 0.05) is 34.9 Å². The predicted octanol–water partition coefficient (Wildman–Crippen LogP) is 4.27. The molecule has 1 aliphatic rings. The van der Waals surface area contributed by atoms with E-state index < -0.39 is 0 Å². The Morgan fingerprint density at radius 1 is 1.38 bits per heavy atom. The minimum atomic E-state index is 0. The number of hydrogen-bond donors (Lipinski definition) is 3. The normalized spacial score (nSPS) is 19.5. The summed E-state index contributed by atoms with van der Waals surface area (Å²) in [5.74, 6) is 0.873. The van der Waals surface area contributed by atoms with Crippen LogP contribution in [0.3, 0.4) is 0 Å². The maximum atomic E-state index is 9.83. The molecule has 2 unspecified atom stereocenters. The van der Waals surface area contributed by atoms with E-state index in [0.717, 1.165) is 42.3 Å². The van der Waals surface area contributed by atoms with Gasteiger partial charge in [-0.1, -0.05) is 0 Å². The molecule has 0 saturated heterocycles. The molecule has 3 aromatic rings. The van der Waals surface area contributed by atoms with Crippen LogP contribution in [0.2, 0.25) is 0 Å². The van der Waals surface area contributed by atoms with E-state index in [1.54, 1.807) is 6.07 Å². The summed E-state index contributed by atoms with van der Waals surface area (Å²) in [6.07, 6.45) is 8.31. The number of phenolic OH excluding ortho intramolecular Hbond substituents is 1. The molecule has 0 fully saturated rings. The minimum Gasteiger partial charge on any atom is -0.508 e. The number of phenols is 1. The Balaban J connectivity index is 0.00000196. The summed E-state index contributed by atoms with van der Waals surface area (Å²) >= 11 is 0. The van der Waals surface area contributed by atoms with Crippen LogP contribution in [0.1, 0.15) is 55.6 Å². The van der Waals surface area contributed by atoms with Gasteiger partial charge < -0.3 is 15.8 Å². The van der Waals surface area contributed by atoms with Crippen molar-refractivity contribution in [2.75, 3.05) is 0 Å². The number of fused-ring (bicyclic) bond motifs is 3. The fourth-order valence-electron chi connectivity index (χ4n) is 4.02. The van der Waals surface area contributed by atoms with Gasteiger partial charge in [-0.3, -0.25) is 4.68 Å².